The Balaban J connectivity index is 2.18. The van der Waals surface area contributed by atoms with Crippen LogP contribution in [0, 0.1) is 0 Å². The van der Waals surface area contributed by atoms with Gasteiger partial charge in [-0.2, -0.15) is 0 Å². The standard InChI is InChI=1S/C14H9ClO2/c15-11-4-5-13-10(6-11)8-14(17-13)9-2-1-3-12(16)7-9/h1-8,16H. The molecule has 0 aliphatic rings. The van der Waals surface area contributed by atoms with Crippen molar-refractivity contribution in [2.24, 2.45) is 0 Å². The lowest BCUT2D eigenvalue weighted by atomic mass is 10.1. The molecular weight excluding hydrogens is 236 g/mol. The minimum atomic E-state index is 0.223. The van der Waals surface area contributed by atoms with Crippen LogP contribution in [0.1, 0.15) is 0 Å². The number of furan rings is 1. The van der Waals surface area contributed by atoms with E-state index in [2.05, 4.69) is 0 Å². The normalized spacial score (nSPS) is 10.9. The van der Waals surface area contributed by atoms with Crippen LogP contribution in [0.2, 0.25) is 5.02 Å². The van der Waals surface area contributed by atoms with Crippen molar-refractivity contribution in [2.45, 2.75) is 0 Å². The number of benzene rings is 2. The highest BCUT2D eigenvalue weighted by Gasteiger charge is 2.06. The second-order valence-electron chi connectivity index (χ2n) is 3.84. The molecule has 1 aromatic heterocycles. The van der Waals surface area contributed by atoms with Crippen LogP contribution in [-0.4, -0.2) is 5.11 Å². The summed E-state index contributed by atoms with van der Waals surface area (Å²) in [5.74, 6) is 0.944. The number of fused-ring (bicyclic) bond motifs is 1. The van der Waals surface area contributed by atoms with Gasteiger partial charge >= 0.3 is 0 Å². The average molecular weight is 245 g/mol. The van der Waals surface area contributed by atoms with Crippen LogP contribution in [0.15, 0.2) is 52.9 Å². The Kier molecular flexibility index (Phi) is 2.30. The van der Waals surface area contributed by atoms with Crippen LogP contribution in [0.25, 0.3) is 22.3 Å². The molecule has 0 saturated heterocycles. The zero-order chi connectivity index (χ0) is 11.8. The van der Waals surface area contributed by atoms with Crippen molar-refractivity contribution in [3.63, 3.8) is 0 Å². The van der Waals surface area contributed by atoms with E-state index in [0.717, 1.165) is 22.3 Å². The first kappa shape index (κ1) is 10.2. The lowest BCUT2D eigenvalue weighted by Gasteiger charge is -1.96. The monoisotopic (exact) mass is 244 g/mol. The van der Waals surface area contributed by atoms with Gasteiger partial charge in [0, 0.05) is 16.0 Å². The second-order valence-corrected chi connectivity index (χ2v) is 4.28. The van der Waals surface area contributed by atoms with Crippen LogP contribution in [-0.2, 0) is 0 Å². The highest BCUT2D eigenvalue weighted by molar-refractivity contribution is 6.31. The maximum Gasteiger partial charge on any atom is 0.135 e. The van der Waals surface area contributed by atoms with E-state index in [1.165, 1.54) is 0 Å². The summed E-state index contributed by atoms with van der Waals surface area (Å²) in [4.78, 5) is 0. The molecule has 0 saturated carbocycles. The van der Waals surface area contributed by atoms with Crippen LogP contribution in [0.4, 0.5) is 0 Å². The quantitative estimate of drug-likeness (QED) is 0.686. The predicted octanol–water partition coefficient (Wildman–Crippen LogP) is 4.46. The third kappa shape index (κ3) is 1.87. The van der Waals surface area contributed by atoms with Gasteiger partial charge in [-0.1, -0.05) is 23.7 Å². The van der Waals surface area contributed by atoms with Crippen molar-refractivity contribution in [2.75, 3.05) is 0 Å². The summed E-state index contributed by atoms with van der Waals surface area (Å²) >= 11 is 5.92. The molecule has 0 fully saturated rings. The maximum absolute atomic E-state index is 9.43. The van der Waals surface area contributed by atoms with Gasteiger partial charge in [-0.25, -0.2) is 0 Å². The van der Waals surface area contributed by atoms with E-state index in [9.17, 15) is 5.11 Å². The predicted molar refractivity (Wildman–Crippen MR) is 68.3 cm³/mol. The highest BCUT2D eigenvalue weighted by Crippen LogP contribution is 2.30. The van der Waals surface area contributed by atoms with Crippen molar-refractivity contribution in [3.05, 3.63) is 53.6 Å². The molecule has 84 valence electrons. The number of rotatable bonds is 1. The van der Waals surface area contributed by atoms with E-state index in [-0.39, 0.29) is 5.75 Å². The molecule has 0 unspecified atom stereocenters. The van der Waals surface area contributed by atoms with Crippen molar-refractivity contribution in [1.29, 1.82) is 0 Å². The van der Waals surface area contributed by atoms with Crippen LogP contribution in [0.5, 0.6) is 5.75 Å². The largest absolute Gasteiger partial charge is 0.508 e. The Hall–Kier alpha value is -1.93. The van der Waals surface area contributed by atoms with Crippen LogP contribution < -0.4 is 0 Å². The number of halogens is 1. The molecule has 0 radical (unpaired) electrons. The van der Waals surface area contributed by atoms with Gasteiger partial charge in [-0.05, 0) is 36.4 Å². The number of phenolic OH excluding ortho intramolecular Hbond substituents is 1. The van der Waals surface area contributed by atoms with Crippen molar-refractivity contribution < 1.29 is 9.52 Å². The van der Waals surface area contributed by atoms with E-state index in [1.807, 2.05) is 24.3 Å². The number of phenols is 1. The van der Waals surface area contributed by atoms with Gasteiger partial charge < -0.3 is 9.52 Å². The zero-order valence-electron chi connectivity index (χ0n) is 8.85. The first-order chi connectivity index (χ1) is 8.22. The van der Waals surface area contributed by atoms with Crippen molar-refractivity contribution in [3.8, 4) is 17.1 Å². The minimum Gasteiger partial charge on any atom is -0.508 e. The Labute approximate surface area is 103 Å². The summed E-state index contributed by atoms with van der Waals surface area (Å²) in [7, 11) is 0. The Morgan fingerprint density at radius 2 is 1.88 bits per heavy atom. The molecule has 1 N–H and O–H groups in total. The van der Waals surface area contributed by atoms with E-state index in [1.54, 1.807) is 24.3 Å². The molecule has 1 heterocycles. The molecule has 0 bridgehead atoms. The maximum atomic E-state index is 9.43. The van der Waals surface area contributed by atoms with Gasteiger partial charge in [-0.3, -0.25) is 0 Å². The first-order valence-corrected chi connectivity index (χ1v) is 5.59. The summed E-state index contributed by atoms with van der Waals surface area (Å²) in [6, 6.07) is 14.4. The molecule has 3 heteroatoms. The van der Waals surface area contributed by atoms with Crippen molar-refractivity contribution in [1.82, 2.24) is 0 Å². The molecule has 17 heavy (non-hydrogen) atoms. The van der Waals surface area contributed by atoms with Gasteiger partial charge in [0.25, 0.3) is 0 Å². The van der Waals surface area contributed by atoms with Gasteiger partial charge in [0.2, 0.25) is 0 Å². The Morgan fingerprint density at radius 3 is 2.71 bits per heavy atom. The summed E-state index contributed by atoms with van der Waals surface area (Å²) < 4.78 is 5.69. The third-order valence-corrected chi connectivity index (χ3v) is 2.84. The summed E-state index contributed by atoms with van der Waals surface area (Å²) in [6.45, 7) is 0. The van der Waals surface area contributed by atoms with Crippen LogP contribution >= 0.6 is 11.6 Å². The fourth-order valence-corrected chi connectivity index (χ4v) is 2.00. The highest BCUT2D eigenvalue weighted by atomic mass is 35.5. The lowest BCUT2D eigenvalue weighted by Crippen LogP contribution is -1.71. The minimum absolute atomic E-state index is 0.223. The second kappa shape index (κ2) is 3.82. The lowest BCUT2D eigenvalue weighted by molar-refractivity contribution is 0.475. The molecule has 0 spiro atoms. The fourth-order valence-electron chi connectivity index (χ4n) is 1.82. The molecule has 0 amide bonds. The SMILES string of the molecule is Oc1cccc(-c2cc3cc(Cl)ccc3o2)c1. The molecular formula is C14H9ClO2. The molecule has 2 aromatic carbocycles. The van der Waals surface area contributed by atoms with Crippen molar-refractivity contribution >= 4 is 22.6 Å². The Morgan fingerprint density at radius 1 is 1.00 bits per heavy atom. The summed E-state index contributed by atoms with van der Waals surface area (Å²) in [6.07, 6.45) is 0. The molecule has 3 aromatic rings. The summed E-state index contributed by atoms with van der Waals surface area (Å²) in [5.41, 5.74) is 1.63. The molecule has 0 aliphatic carbocycles. The number of hydrogen-bond donors (Lipinski definition) is 1. The number of aromatic hydroxyl groups is 1. The fraction of sp³-hybridized carbons (Fsp3) is 0. The molecule has 2 nitrogen and oxygen atoms in total. The van der Waals surface area contributed by atoms with E-state index < -0.39 is 0 Å². The molecule has 0 aliphatic heterocycles. The molecule has 3 rings (SSSR count). The van der Waals surface area contributed by atoms with Crippen LogP contribution in [0.3, 0.4) is 0 Å². The van der Waals surface area contributed by atoms with E-state index in [4.69, 9.17) is 16.0 Å². The zero-order valence-corrected chi connectivity index (χ0v) is 9.61. The topological polar surface area (TPSA) is 33.4 Å². The number of hydrogen-bond acceptors (Lipinski definition) is 2. The van der Waals surface area contributed by atoms with Gasteiger partial charge in [0.05, 0.1) is 0 Å². The average Bonchev–Trinajstić information content (AvgIpc) is 2.72. The Bertz CT molecular complexity index is 686. The third-order valence-electron chi connectivity index (χ3n) is 2.61. The van der Waals surface area contributed by atoms with Gasteiger partial charge in [0.1, 0.15) is 17.1 Å². The van der Waals surface area contributed by atoms with Gasteiger partial charge in [-0.15, -0.1) is 0 Å². The molecule has 0 atom stereocenters. The first-order valence-electron chi connectivity index (χ1n) is 5.21. The van der Waals surface area contributed by atoms with E-state index >= 15 is 0 Å². The van der Waals surface area contributed by atoms with E-state index in [0.29, 0.717) is 5.02 Å². The van der Waals surface area contributed by atoms with Gasteiger partial charge in [0.15, 0.2) is 0 Å². The summed E-state index contributed by atoms with van der Waals surface area (Å²) in [5, 5.41) is 11.1. The smallest absolute Gasteiger partial charge is 0.135 e.